The third-order valence-corrected chi connectivity index (χ3v) is 3.80. The van der Waals surface area contributed by atoms with Crippen molar-refractivity contribution in [1.82, 2.24) is 5.32 Å². The summed E-state index contributed by atoms with van der Waals surface area (Å²) in [7, 11) is 0. The summed E-state index contributed by atoms with van der Waals surface area (Å²) in [6, 6.07) is -0.738. The molecule has 0 aromatic rings. The maximum atomic E-state index is 12.2. The predicted octanol–water partition coefficient (Wildman–Crippen LogP) is 2.96. The smallest absolute Gasteiger partial charge is 0.326 e. The molecule has 19 heavy (non-hydrogen) atoms. The number of carbonyl (C=O) groups excluding carboxylic acids is 1. The molecule has 1 rings (SSSR count). The SMILES string of the molecule is CC(C)CC(NC(=O)C1CCCCCCC1)C(=O)O. The number of carbonyl (C=O) groups is 2. The normalized spacial score (nSPS) is 19.5. The molecular formula is C15H27NO3. The quantitative estimate of drug-likeness (QED) is 0.806. The van der Waals surface area contributed by atoms with Crippen molar-refractivity contribution in [3.63, 3.8) is 0 Å². The van der Waals surface area contributed by atoms with E-state index in [4.69, 9.17) is 5.11 Å². The third kappa shape index (κ3) is 6.08. The molecule has 1 fully saturated rings. The molecular weight excluding hydrogens is 242 g/mol. The molecule has 0 aliphatic heterocycles. The Bertz CT molecular complexity index is 294. The molecule has 0 aromatic heterocycles. The van der Waals surface area contributed by atoms with Crippen LogP contribution in [0.4, 0.5) is 0 Å². The van der Waals surface area contributed by atoms with E-state index in [0.717, 1.165) is 25.7 Å². The Morgan fingerprint density at radius 3 is 2.11 bits per heavy atom. The zero-order chi connectivity index (χ0) is 14.3. The van der Waals surface area contributed by atoms with Crippen LogP contribution >= 0.6 is 0 Å². The molecule has 4 heteroatoms. The molecule has 1 atom stereocenters. The summed E-state index contributed by atoms with van der Waals surface area (Å²) in [6.07, 6.45) is 8.11. The molecule has 0 heterocycles. The van der Waals surface area contributed by atoms with E-state index in [1.807, 2.05) is 13.8 Å². The average Bonchev–Trinajstić information content (AvgIpc) is 2.26. The van der Waals surface area contributed by atoms with Crippen molar-refractivity contribution in [3.8, 4) is 0 Å². The molecule has 0 aromatic carbocycles. The Kier molecular flexibility index (Phi) is 6.89. The van der Waals surface area contributed by atoms with Crippen molar-refractivity contribution in [2.75, 3.05) is 0 Å². The molecule has 0 bridgehead atoms. The Labute approximate surface area is 116 Å². The highest BCUT2D eigenvalue weighted by atomic mass is 16.4. The summed E-state index contributed by atoms with van der Waals surface area (Å²) in [5.74, 6) is -0.712. The van der Waals surface area contributed by atoms with Gasteiger partial charge >= 0.3 is 5.97 Å². The second-order valence-electron chi connectivity index (χ2n) is 6.07. The lowest BCUT2D eigenvalue weighted by atomic mass is 9.90. The van der Waals surface area contributed by atoms with Gasteiger partial charge in [0.25, 0.3) is 0 Å². The van der Waals surface area contributed by atoms with Gasteiger partial charge < -0.3 is 10.4 Å². The lowest BCUT2D eigenvalue weighted by Gasteiger charge is -2.22. The molecule has 1 amide bonds. The first-order valence-corrected chi connectivity index (χ1v) is 7.54. The second kappa shape index (κ2) is 8.18. The fraction of sp³-hybridized carbons (Fsp3) is 0.867. The first-order valence-electron chi connectivity index (χ1n) is 7.54. The fourth-order valence-electron chi connectivity index (χ4n) is 2.70. The topological polar surface area (TPSA) is 66.4 Å². The Balaban J connectivity index is 2.51. The lowest BCUT2D eigenvalue weighted by molar-refractivity contribution is -0.143. The fourth-order valence-corrected chi connectivity index (χ4v) is 2.70. The highest BCUT2D eigenvalue weighted by Gasteiger charge is 2.25. The summed E-state index contributed by atoms with van der Waals surface area (Å²) in [4.78, 5) is 23.3. The number of nitrogens with one attached hydrogen (secondary N) is 1. The van der Waals surface area contributed by atoms with Crippen LogP contribution in [0.5, 0.6) is 0 Å². The van der Waals surface area contributed by atoms with E-state index >= 15 is 0 Å². The zero-order valence-electron chi connectivity index (χ0n) is 12.2. The number of carboxylic acids is 1. The van der Waals surface area contributed by atoms with Crippen LogP contribution in [-0.4, -0.2) is 23.0 Å². The van der Waals surface area contributed by atoms with Gasteiger partial charge in [0, 0.05) is 5.92 Å². The van der Waals surface area contributed by atoms with Crippen LogP contribution < -0.4 is 5.32 Å². The van der Waals surface area contributed by atoms with E-state index in [0.29, 0.717) is 6.42 Å². The van der Waals surface area contributed by atoms with E-state index in [2.05, 4.69) is 5.32 Å². The molecule has 2 N–H and O–H groups in total. The van der Waals surface area contributed by atoms with E-state index in [9.17, 15) is 9.59 Å². The number of amides is 1. The summed E-state index contributed by atoms with van der Waals surface area (Å²) < 4.78 is 0. The minimum atomic E-state index is -0.923. The van der Waals surface area contributed by atoms with Gasteiger partial charge in [0.2, 0.25) is 5.91 Å². The number of aliphatic carboxylic acids is 1. The number of carboxylic acid groups (broad SMARTS) is 1. The van der Waals surface area contributed by atoms with Crippen molar-refractivity contribution in [3.05, 3.63) is 0 Å². The van der Waals surface area contributed by atoms with Crippen molar-refractivity contribution in [2.24, 2.45) is 11.8 Å². The van der Waals surface area contributed by atoms with Crippen molar-refractivity contribution in [1.29, 1.82) is 0 Å². The highest BCUT2D eigenvalue weighted by molar-refractivity contribution is 5.84. The molecule has 1 aliphatic rings. The van der Waals surface area contributed by atoms with Gasteiger partial charge in [0.15, 0.2) is 0 Å². The van der Waals surface area contributed by atoms with Crippen LogP contribution in [0.25, 0.3) is 0 Å². The van der Waals surface area contributed by atoms with E-state index in [-0.39, 0.29) is 17.7 Å². The van der Waals surface area contributed by atoms with Gasteiger partial charge in [-0.15, -0.1) is 0 Å². The number of hydrogen-bond acceptors (Lipinski definition) is 2. The first-order chi connectivity index (χ1) is 9.00. The second-order valence-corrected chi connectivity index (χ2v) is 6.07. The van der Waals surface area contributed by atoms with Gasteiger partial charge in [-0.1, -0.05) is 46.0 Å². The summed E-state index contributed by atoms with van der Waals surface area (Å²) in [5.41, 5.74) is 0. The molecule has 0 spiro atoms. The number of rotatable bonds is 5. The van der Waals surface area contributed by atoms with Crippen molar-refractivity contribution in [2.45, 2.75) is 71.3 Å². The largest absolute Gasteiger partial charge is 0.480 e. The van der Waals surface area contributed by atoms with E-state index in [1.165, 1.54) is 19.3 Å². The molecule has 1 unspecified atom stereocenters. The van der Waals surface area contributed by atoms with Crippen molar-refractivity contribution < 1.29 is 14.7 Å². The van der Waals surface area contributed by atoms with Gasteiger partial charge in [-0.05, 0) is 25.2 Å². The van der Waals surface area contributed by atoms with Gasteiger partial charge in [-0.2, -0.15) is 0 Å². The van der Waals surface area contributed by atoms with Crippen LogP contribution in [0.15, 0.2) is 0 Å². The predicted molar refractivity (Wildman–Crippen MR) is 74.8 cm³/mol. The van der Waals surface area contributed by atoms with Gasteiger partial charge in [0.05, 0.1) is 0 Å². The Morgan fingerprint density at radius 2 is 1.63 bits per heavy atom. The van der Waals surface area contributed by atoms with E-state index < -0.39 is 12.0 Å². The van der Waals surface area contributed by atoms with Crippen molar-refractivity contribution >= 4 is 11.9 Å². The third-order valence-electron chi connectivity index (χ3n) is 3.80. The molecule has 0 radical (unpaired) electrons. The molecule has 1 saturated carbocycles. The molecule has 1 aliphatic carbocycles. The maximum absolute atomic E-state index is 12.2. The average molecular weight is 269 g/mol. The van der Waals surface area contributed by atoms with Gasteiger partial charge in [-0.25, -0.2) is 4.79 Å². The Morgan fingerprint density at radius 1 is 1.11 bits per heavy atom. The van der Waals surface area contributed by atoms with Crippen LogP contribution in [0.3, 0.4) is 0 Å². The maximum Gasteiger partial charge on any atom is 0.326 e. The number of hydrogen-bond donors (Lipinski definition) is 2. The first kappa shape index (κ1) is 16.0. The zero-order valence-corrected chi connectivity index (χ0v) is 12.2. The molecule has 110 valence electrons. The van der Waals surface area contributed by atoms with Crippen LogP contribution in [-0.2, 0) is 9.59 Å². The van der Waals surface area contributed by atoms with Gasteiger partial charge in [0.1, 0.15) is 6.04 Å². The standard InChI is InChI=1S/C15H27NO3/c1-11(2)10-13(15(18)19)16-14(17)12-8-6-4-3-5-7-9-12/h11-13H,3-10H2,1-2H3,(H,16,17)(H,18,19). The van der Waals surface area contributed by atoms with Crippen LogP contribution in [0, 0.1) is 11.8 Å². The summed E-state index contributed by atoms with van der Waals surface area (Å²) in [6.45, 7) is 3.94. The van der Waals surface area contributed by atoms with Gasteiger partial charge in [-0.3, -0.25) is 4.79 Å². The minimum absolute atomic E-state index is 0.00862. The summed E-state index contributed by atoms with van der Waals surface area (Å²) >= 11 is 0. The van der Waals surface area contributed by atoms with Crippen LogP contribution in [0.2, 0.25) is 0 Å². The molecule has 4 nitrogen and oxygen atoms in total. The highest BCUT2D eigenvalue weighted by Crippen LogP contribution is 2.22. The molecule has 0 saturated heterocycles. The minimum Gasteiger partial charge on any atom is -0.480 e. The lowest BCUT2D eigenvalue weighted by Crippen LogP contribution is -2.44. The van der Waals surface area contributed by atoms with Crippen LogP contribution in [0.1, 0.15) is 65.2 Å². The monoisotopic (exact) mass is 269 g/mol. The van der Waals surface area contributed by atoms with E-state index in [1.54, 1.807) is 0 Å². The Hall–Kier alpha value is -1.06. The summed E-state index contributed by atoms with van der Waals surface area (Å²) in [5, 5.41) is 11.9.